The monoisotopic (exact) mass is 389 g/mol. The molecule has 0 aromatic carbocycles. The van der Waals surface area contributed by atoms with Crippen molar-refractivity contribution in [3.05, 3.63) is 54.5 Å². The van der Waals surface area contributed by atoms with Gasteiger partial charge in [-0.2, -0.15) is 0 Å². The molecule has 1 saturated carbocycles. The number of carbonyl (C=O) groups is 2. The summed E-state index contributed by atoms with van der Waals surface area (Å²) < 4.78 is 5.18. The molecular weight excluding hydrogens is 370 g/mol. The molecular formula is C21H19N5O3. The molecule has 0 bridgehead atoms. The largest absolute Gasteiger partial charge is 0.481 e. The van der Waals surface area contributed by atoms with Gasteiger partial charge in [0.1, 0.15) is 5.82 Å². The first-order chi connectivity index (χ1) is 14.1. The van der Waals surface area contributed by atoms with Crippen molar-refractivity contribution in [3.63, 3.8) is 0 Å². The molecule has 0 unspecified atom stereocenters. The highest BCUT2D eigenvalue weighted by Crippen LogP contribution is 2.35. The number of methoxy groups -OCH3 is 1. The number of pyridine rings is 3. The third-order valence-electron chi connectivity index (χ3n) is 4.66. The Hall–Kier alpha value is -3.81. The summed E-state index contributed by atoms with van der Waals surface area (Å²) in [7, 11) is 1.55. The summed E-state index contributed by atoms with van der Waals surface area (Å²) in [5.74, 6) is 0.0285. The molecule has 1 aliphatic carbocycles. The first kappa shape index (κ1) is 18.5. The molecule has 8 heteroatoms. The van der Waals surface area contributed by atoms with Gasteiger partial charge in [-0.15, -0.1) is 0 Å². The number of aromatic nitrogens is 3. The lowest BCUT2D eigenvalue weighted by atomic mass is 9.99. The van der Waals surface area contributed by atoms with Crippen molar-refractivity contribution in [2.75, 3.05) is 12.4 Å². The van der Waals surface area contributed by atoms with E-state index in [0.717, 1.165) is 18.4 Å². The van der Waals surface area contributed by atoms with E-state index in [1.165, 1.54) is 12.3 Å². The highest BCUT2D eigenvalue weighted by Gasteiger charge is 2.31. The molecule has 0 spiro atoms. The molecule has 4 rings (SSSR count). The van der Waals surface area contributed by atoms with Gasteiger partial charge in [0.15, 0.2) is 0 Å². The Bertz CT molecular complexity index is 1100. The molecule has 0 aliphatic heterocycles. The van der Waals surface area contributed by atoms with Gasteiger partial charge in [-0.05, 0) is 31.0 Å². The van der Waals surface area contributed by atoms with Gasteiger partial charge < -0.3 is 15.8 Å². The van der Waals surface area contributed by atoms with Gasteiger partial charge >= 0.3 is 0 Å². The van der Waals surface area contributed by atoms with E-state index in [1.807, 2.05) is 18.2 Å². The fourth-order valence-corrected chi connectivity index (χ4v) is 3.02. The Morgan fingerprint density at radius 1 is 1.17 bits per heavy atom. The van der Waals surface area contributed by atoms with Gasteiger partial charge in [-0.3, -0.25) is 14.6 Å². The number of amides is 2. The van der Waals surface area contributed by atoms with E-state index < -0.39 is 5.91 Å². The van der Waals surface area contributed by atoms with Crippen molar-refractivity contribution < 1.29 is 14.3 Å². The number of ether oxygens (including phenoxy) is 1. The number of nitrogens with two attached hydrogens (primary N) is 1. The first-order valence-corrected chi connectivity index (χ1v) is 9.13. The molecule has 3 heterocycles. The Morgan fingerprint density at radius 2 is 1.97 bits per heavy atom. The van der Waals surface area contributed by atoms with E-state index in [9.17, 15) is 9.59 Å². The molecule has 146 valence electrons. The highest BCUT2D eigenvalue weighted by molar-refractivity contribution is 6.05. The van der Waals surface area contributed by atoms with Crippen molar-refractivity contribution >= 4 is 17.6 Å². The minimum absolute atomic E-state index is 0.00710. The van der Waals surface area contributed by atoms with Crippen LogP contribution >= 0.6 is 0 Å². The van der Waals surface area contributed by atoms with Crippen molar-refractivity contribution in [3.8, 4) is 28.3 Å². The highest BCUT2D eigenvalue weighted by atomic mass is 16.5. The number of primary amides is 1. The second-order valence-corrected chi connectivity index (χ2v) is 6.74. The lowest BCUT2D eigenvalue weighted by molar-refractivity contribution is -0.117. The fourth-order valence-electron chi connectivity index (χ4n) is 3.02. The van der Waals surface area contributed by atoms with Crippen LogP contribution in [-0.2, 0) is 4.79 Å². The van der Waals surface area contributed by atoms with Gasteiger partial charge in [0.2, 0.25) is 17.7 Å². The van der Waals surface area contributed by atoms with Gasteiger partial charge in [0, 0.05) is 47.3 Å². The fraction of sp³-hybridized carbons (Fsp3) is 0.190. The second kappa shape index (κ2) is 7.67. The van der Waals surface area contributed by atoms with Crippen LogP contribution in [0.4, 0.5) is 5.82 Å². The molecule has 0 atom stereocenters. The van der Waals surface area contributed by atoms with Crippen molar-refractivity contribution in [2.45, 2.75) is 12.8 Å². The van der Waals surface area contributed by atoms with Gasteiger partial charge in [0.05, 0.1) is 18.4 Å². The van der Waals surface area contributed by atoms with Crippen LogP contribution in [0.15, 0.2) is 48.9 Å². The standard InChI is InChI=1S/C21H19N5O3/c1-29-17-4-2-3-16(25-17)13-9-14(11-23-10-13)18-15(19(22)27)7-8-24-20(18)26-21(28)12-5-6-12/h2-4,7-12H,5-6H2,1H3,(H2,22,27)(H,24,26,28). The summed E-state index contributed by atoms with van der Waals surface area (Å²) in [6.45, 7) is 0. The number of carbonyl (C=O) groups excluding carboxylic acids is 2. The van der Waals surface area contributed by atoms with E-state index in [-0.39, 0.29) is 23.2 Å². The number of nitrogens with one attached hydrogen (secondary N) is 1. The summed E-state index contributed by atoms with van der Waals surface area (Å²) >= 11 is 0. The van der Waals surface area contributed by atoms with Gasteiger partial charge in [-0.1, -0.05) is 6.07 Å². The maximum atomic E-state index is 12.3. The Balaban J connectivity index is 1.81. The zero-order valence-electron chi connectivity index (χ0n) is 15.8. The Kier molecular flexibility index (Phi) is 4.90. The molecule has 1 aliphatic rings. The predicted octanol–water partition coefficient (Wildman–Crippen LogP) is 2.66. The molecule has 8 nitrogen and oxygen atoms in total. The van der Waals surface area contributed by atoms with Crippen LogP contribution in [0.5, 0.6) is 5.88 Å². The summed E-state index contributed by atoms with van der Waals surface area (Å²) in [6.07, 6.45) is 6.42. The lowest BCUT2D eigenvalue weighted by Gasteiger charge is -2.14. The summed E-state index contributed by atoms with van der Waals surface area (Å²) in [4.78, 5) is 37.3. The second-order valence-electron chi connectivity index (χ2n) is 6.74. The van der Waals surface area contributed by atoms with Crippen LogP contribution in [0, 0.1) is 5.92 Å². The topological polar surface area (TPSA) is 120 Å². The van der Waals surface area contributed by atoms with Crippen LogP contribution in [-0.4, -0.2) is 33.9 Å². The van der Waals surface area contributed by atoms with E-state index in [0.29, 0.717) is 22.7 Å². The third kappa shape index (κ3) is 3.91. The molecule has 3 aromatic rings. The van der Waals surface area contributed by atoms with Crippen LogP contribution < -0.4 is 15.8 Å². The molecule has 3 N–H and O–H groups in total. The molecule has 0 saturated heterocycles. The van der Waals surface area contributed by atoms with Crippen LogP contribution in [0.2, 0.25) is 0 Å². The summed E-state index contributed by atoms with van der Waals surface area (Å²) in [5, 5.41) is 2.82. The maximum absolute atomic E-state index is 12.3. The minimum Gasteiger partial charge on any atom is -0.481 e. The molecule has 1 fully saturated rings. The molecule has 29 heavy (non-hydrogen) atoms. The normalized spacial score (nSPS) is 13.0. The first-order valence-electron chi connectivity index (χ1n) is 9.13. The zero-order chi connectivity index (χ0) is 20.4. The molecule has 2 amide bonds. The number of rotatable bonds is 6. The average Bonchev–Trinajstić information content (AvgIpc) is 3.59. The summed E-state index contributed by atoms with van der Waals surface area (Å²) in [6, 6.07) is 8.76. The van der Waals surface area contributed by atoms with Gasteiger partial charge in [-0.25, -0.2) is 9.97 Å². The quantitative estimate of drug-likeness (QED) is 0.669. The van der Waals surface area contributed by atoms with Crippen molar-refractivity contribution in [1.29, 1.82) is 0 Å². The van der Waals surface area contributed by atoms with Crippen molar-refractivity contribution in [1.82, 2.24) is 15.0 Å². The number of hydrogen-bond donors (Lipinski definition) is 2. The summed E-state index contributed by atoms with van der Waals surface area (Å²) in [5.41, 5.74) is 8.25. The predicted molar refractivity (Wildman–Crippen MR) is 107 cm³/mol. The number of nitrogens with zero attached hydrogens (tertiary/aromatic N) is 3. The number of hydrogen-bond acceptors (Lipinski definition) is 6. The number of anilines is 1. The van der Waals surface area contributed by atoms with E-state index in [4.69, 9.17) is 10.5 Å². The van der Waals surface area contributed by atoms with Crippen LogP contribution in [0.25, 0.3) is 22.4 Å². The molecule has 3 aromatic heterocycles. The van der Waals surface area contributed by atoms with E-state index in [1.54, 1.807) is 25.6 Å². The average molecular weight is 389 g/mol. The lowest BCUT2D eigenvalue weighted by Crippen LogP contribution is -2.18. The third-order valence-corrected chi connectivity index (χ3v) is 4.66. The maximum Gasteiger partial charge on any atom is 0.249 e. The smallest absolute Gasteiger partial charge is 0.249 e. The Labute approximate surface area is 167 Å². The minimum atomic E-state index is -0.616. The zero-order valence-corrected chi connectivity index (χ0v) is 15.8. The Morgan fingerprint density at radius 3 is 2.69 bits per heavy atom. The van der Waals surface area contributed by atoms with E-state index >= 15 is 0 Å². The SMILES string of the molecule is COc1cccc(-c2cncc(-c3c(C(N)=O)ccnc3NC(=O)C3CC3)c2)n1. The van der Waals surface area contributed by atoms with Crippen LogP contribution in [0.3, 0.4) is 0 Å². The molecule has 0 radical (unpaired) electrons. The van der Waals surface area contributed by atoms with E-state index in [2.05, 4.69) is 20.3 Å². The van der Waals surface area contributed by atoms with Crippen molar-refractivity contribution in [2.24, 2.45) is 11.7 Å². The van der Waals surface area contributed by atoms with Crippen LogP contribution in [0.1, 0.15) is 23.2 Å². The van der Waals surface area contributed by atoms with Gasteiger partial charge in [0.25, 0.3) is 0 Å².